The lowest BCUT2D eigenvalue weighted by Gasteiger charge is -2.13. The Labute approximate surface area is 129 Å². The van der Waals surface area contributed by atoms with Crippen LogP contribution in [0, 0.1) is 26.0 Å². The van der Waals surface area contributed by atoms with E-state index in [0.29, 0.717) is 6.07 Å². The van der Waals surface area contributed by atoms with E-state index in [9.17, 15) is 29.7 Å². The van der Waals surface area contributed by atoms with Crippen molar-refractivity contribution in [2.45, 2.75) is 6.10 Å². The predicted octanol–water partition coefficient (Wildman–Crippen LogP) is 2.75. The van der Waals surface area contributed by atoms with E-state index in [1.165, 1.54) is 24.3 Å². The number of hydrogen-bond acceptors (Lipinski definition) is 6. The summed E-state index contributed by atoms with van der Waals surface area (Å²) < 4.78 is 18.7. The van der Waals surface area contributed by atoms with E-state index in [4.69, 9.17) is 4.74 Å². The number of aliphatic hydroxyl groups excluding tert-OH is 1. The van der Waals surface area contributed by atoms with E-state index in [1.54, 1.807) is 0 Å². The molecule has 2 rings (SSSR count). The molecule has 2 aromatic carbocycles. The largest absolute Gasteiger partial charge is 0.487 e. The molecule has 8 nitrogen and oxygen atoms in total. The van der Waals surface area contributed by atoms with Crippen molar-refractivity contribution in [2.75, 3.05) is 6.61 Å². The summed E-state index contributed by atoms with van der Waals surface area (Å²) in [6, 6.07) is 8.17. The Kier molecular flexibility index (Phi) is 4.82. The Morgan fingerprint density at radius 1 is 1.09 bits per heavy atom. The molecule has 0 aliphatic heterocycles. The fraction of sp³-hybridized carbons (Fsp3) is 0.143. The van der Waals surface area contributed by atoms with E-state index in [0.717, 1.165) is 12.1 Å². The third kappa shape index (κ3) is 3.98. The number of nitrogens with zero attached hydrogens (tertiary/aromatic N) is 2. The van der Waals surface area contributed by atoms with E-state index < -0.39 is 27.5 Å². The fourth-order valence-corrected chi connectivity index (χ4v) is 1.83. The normalized spacial score (nSPS) is 11.7. The highest BCUT2D eigenvalue weighted by Gasteiger charge is 2.16. The first-order valence-electron chi connectivity index (χ1n) is 6.37. The molecule has 0 heterocycles. The van der Waals surface area contributed by atoms with Crippen molar-refractivity contribution in [2.24, 2.45) is 0 Å². The molecule has 0 spiro atoms. The summed E-state index contributed by atoms with van der Waals surface area (Å²) in [6.45, 7) is -0.365. The zero-order chi connectivity index (χ0) is 17.0. The minimum Gasteiger partial charge on any atom is -0.487 e. The molecule has 2 aromatic rings. The SMILES string of the molecule is O=[N+]([O-])c1cccc(C(O)COc2ccc([N+](=O)[O-])cc2F)c1. The van der Waals surface area contributed by atoms with E-state index in [1.807, 2.05) is 0 Å². The maximum Gasteiger partial charge on any atom is 0.272 e. The number of nitro benzene ring substituents is 2. The Balaban J connectivity index is 2.07. The minimum absolute atomic E-state index is 0.192. The van der Waals surface area contributed by atoms with Crippen LogP contribution in [-0.2, 0) is 0 Å². The van der Waals surface area contributed by atoms with E-state index in [2.05, 4.69) is 0 Å². The first-order valence-corrected chi connectivity index (χ1v) is 6.37. The second kappa shape index (κ2) is 6.79. The highest BCUT2D eigenvalue weighted by molar-refractivity contribution is 5.38. The Morgan fingerprint density at radius 3 is 2.35 bits per heavy atom. The van der Waals surface area contributed by atoms with Crippen molar-refractivity contribution in [1.82, 2.24) is 0 Å². The maximum absolute atomic E-state index is 13.6. The number of rotatable bonds is 6. The number of benzene rings is 2. The second-order valence-electron chi connectivity index (χ2n) is 4.55. The first kappa shape index (κ1) is 16.3. The summed E-state index contributed by atoms with van der Waals surface area (Å²) in [4.78, 5) is 19.8. The van der Waals surface area contributed by atoms with Gasteiger partial charge < -0.3 is 9.84 Å². The second-order valence-corrected chi connectivity index (χ2v) is 4.55. The number of ether oxygens (including phenoxy) is 1. The van der Waals surface area contributed by atoms with Crippen molar-refractivity contribution < 1.29 is 24.1 Å². The third-order valence-corrected chi connectivity index (χ3v) is 2.99. The van der Waals surface area contributed by atoms with Crippen molar-refractivity contribution in [3.63, 3.8) is 0 Å². The Bertz CT molecular complexity index is 752. The lowest BCUT2D eigenvalue weighted by molar-refractivity contribution is -0.385. The van der Waals surface area contributed by atoms with Gasteiger partial charge >= 0.3 is 0 Å². The van der Waals surface area contributed by atoms with Gasteiger partial charge in [-0.05, 0) is 11.6 Å². The van der Waals surface area contributed by atoms with Crippen LogP contribution in [0.25, 0.3) is 0 Å². The molecule has 0 fully saturated rings. The van der Waals surface area contributed by atoms with Gasteiger partial charge in [-0.2, -0.15) is 0 Å². The molecular formula is C14H11FN2O6. The number of non-ortho nitro benzene ring substituents is 2. The summed E-state index contributed by atoms with van der Waals surface area (Å²) >= 11 is 0. The zero-order valence-corrected chi connectivity index (χ0v) is 11.6. The van der Waals surface area contributed by atoms with E-state index in [-0.39, 0.29) is 23.6 Å². The van der Waals surface area contributed by atoms with Gasteiger partial charge in [0.1, 0.15) is 12.7 Å². The topological polar surface area (TPSA) is 116 Å². The van der Waals surface area contributed by atoms with Gasteiger partial charge in [0.25, 0.3) is 11.4 Å². The number of hydrogen-bond donors (Lipinski definition) is 1. The third-order valence-electron chi connectivity index (χ3n) is 2.99. The molecule has 1 unspecified atom stereocenters. The van der Waals surface area contributed by atoms with Crippen LogP contribution in [-0.4, -0.2) is 21.6 Å². The Hall–Kier alpha value is -3.07. The molecule has 120 valence electrons. The highest BCUT2D eigenvalue weighted by atomic mass is 19.1. The molecule has 0 aliphatic carbocycles. The van der Waals surface area contributed by atoms with Crippen LogP contribution >= 0.6 is 0 Å². The molecule has 1 N–H and O–H groups in total. The van der Waals surface area contributed by atoms with Crippen molar-refractivity contribution in [1.29, 1.82) is 0 Å². The molecule has 0 radical (unpaired) electrons. The van der Waals surface area contributed by atoms with Gasteiger partial charge in [0.15, 0.2) is 11.6 Å². The highest BCUT2D eigenvalue weighted by Crippen LogP contribution is 2.25. The Morgan fingerprint density at radius 2 is 1.74 bits per heavy atom. The number of aliphatic hydroxyl groups is 1. The van der Waals surface area contributed by atoms with Gasteiger partial charge in [-0.15, -0.1) is 0 Å². The quantitative estimate of drug-likeness (QED) is 0.645. The number of nitro groups is 2. The molecule has 1 atom stereocenters. The zero-order valence-electron chi connectivity index (χ0n) is 11.6. The van der Waals surface area contributed by atoms with Crippen LogP contribution in [0.5, 0.6) is 5.75 Å². The maximum atomic E-state index is 13.6. The molecule has 9 heteroatoms. The molecule has 0 aliphatic rings. The standard InChI is InChI=1S/C14H11FN2O6/c15-12-7-11(17(21)22)4-5-14(12)23-8-13(18)9-2-1-3-10(6-9)16(19)20/h1-7,13,18H,8H2. The van der Waals surface area contributed by atoms with Gasteiger partial charge in [0.2, 0.25) is 0 Å². The molecule has 0 saturated carbocycles. The molecule has 23 heavy (non-hydrogen) atoms. The van der Waals surface area contributed by atoms with Gasteiger partial charge in [0, 0.05) is 18.2 Å². The summed E-state index contributed by atoms with van der Waals surface area (Å²) in [6.07, 6.45) is -1.22. The summed E-state index contributed by atoms with van der Waals surface area (Å²) in [5.41, 5.74) is -0.376. The molecule has 0 aromatic heterocycles. The first-order chi connectivity index (χ1) is 10.9. The monoisotopic (exact) mass is 322 g/mol. The molecule has 0 amide bonds. The van der Waals surface area contributed by atoms with Gasteiger partial charge in [-0.3, -0.25) is 20.2 Å². The van der Waals surface area contributed by atoms with Crippen LogP contribution in [0.2, 0.25) is 0 Å². The molecule has 0 saturated heterocycles. The van der Waals surface area contributed by atoms with Crippen LogP contribution in [0.1, 0.15) is 11.7 Å². The van der Waals surface area contributed by atoms with Gasteiger partial charge in [-0.25, -0.2) is 4.39 Å². The van der Waals surface area contributed by atoms with Crippen LogP contribution in [0.4, 0.5) is 15.8 Å². The van der Waals surface area contributed by atoms with Crippen LogP contribution < -0.4 is 4.74 Å². The summed E-state index contributed by atoms with van der Waals surface area (Å²) in [5, 5.41) is 31.1. The minimum atomic E-state index is -1.22. The number of halogens is 1. The average molecular weight is 322 g/mol. The van der Waals surface area contributed by atoms with Crippen molar-refractivity contribution >= 4 is 11.4 Å². The average Bonchev–Trinajstić information content (AvgIpc) is 2.53. The van der Waals surface area contributed by atoms with E-state index >= 15 is 0 Å². The lowest BCUT2D eigenvalue weighted by Crippen LogP contribution is -2.10. The van der Waals surface area contributed by atoms with Crippen molar-refractivity contribution in [3.8, 4) is 5.75 Å². The molecular weight excluding hydrogens is 311 g/mol. The lowest BCUT2D eigenvalue weighted by atomic mass is 10.1. The summed E-state index contributed by atoms with van der Waals surface area (Å²) in [5.74, 6) is -1.20. The van der Waals surface area contributed by atoms with Gasteiger partial charge in [0.05, 0.1) is 15.9 Å². The predicted molar refractivity (Wildman–Crippen MR) is 76.6 cm³/mol. The fourth-order valence-electron chi connectivity index (χ4n) is 1.83. The van der Waals surface area contributed by atoms with Crippen LogP contribution in [0.15, 0.2) is 42.5 Å². The molecule has 0 bridgehead atoms. The van der Waals surface area contributed by atoms with Crippen LogP contribution in [0.3, 0.4) is 0 Å². The smallest absolute Gasteiger partial charge is 0.272 e. The summed E-state index contributed by atoms with van der Waals surface area (Å²) in [7, 11) is 0. The van der Waals surface area contributed by atoms with Gasteiger partial charge in [-0.1, -0.05) is 12.1 Å². The van der Waals surface area contributed by atoms with Crippen molar-refractivity contribution in [3.05, 3.63) is 74.1 Å².